The number of hydrogen-bond acceptors (Lipinski definition) is 7. The molecular formula is C22H27ClN2O6. The largest absolute Gasteiger partial charge is 0.497 e. The van der Waals surface area contributed by atoms with Crippen LogP contribution in [0.25, 0.3) is 0 Å². The van der Waals surface area contributed by atoms with Crippen LogP contribution in [0.4, 0.5) is 5.69 Å². The van der Waals surface area contributed by atoms with Gasteiger partial charge in [0.1, 0.15) is 17.2 Å². The molecule has 8 nitrogen and oxygen atoms in total. The summed E-state index contributed by atoms with van der Waals surface area (Å²) >= 11 is 6.01. The number of esters is 1. The first-order valence-electron chi connectivity index (χ1n) is 9.53. The Morgan fingerprint density at radius 2 is 1.65 bits per heavy atom. The third-order valence-electron chi connectivity index (χ3n) is 4.49. The summed E-state index contributed by atoms with van der Waals surface area (Å²) in [6.07, 6.45) is 0.147. The summed E-state index contributed by atoms with van der Waals surface area (Å²) in [5, 5.41) is 3.28. The van der Waals surface area contributed by atoms with Crippen molar-refractivity contribution < 1.29 is 28.5 Å². The Morgan fingerprint density at radius 1 is 0.968 bits per heavy atom. The van der Waals surface area contributed by atoms with E-state index in [1.54, 1.807) is 38.5 Å². The van der Waals surface area contributed by atoms with Crippen molar-refractivity contribution in [2.24, 2.45) is 0 Å². The number of hydrogen-bond donors (Lipinski definition) is 1. The van der Waals surface area contributed by atoms with Gasteiger partial charge in [-0.05, 0) is 35.9 Å². The second kappa shape index (κ2) is 12.0. The quantitative estimate of drug-likeness (QED) is 0.525. The molecule has 0 heterocycles. The van der Waals surface area contributed by atoms with Crippen molar-refractivity contribution in [2.45, 2.75) is 13.0 Å². The number of anilines is 1. The van der Waals surface area contributed by atoms with Gasteiger partial charge in [0.05, 0.1) is 40.7 Å². The molecule has 31 heavy (non-hydrogen) atoms. The Hall–Kier alpha value is -2.97. The molecule has 0 aliphatic rings. The summed E-state index contributed by atoms with van der Waals surface area (Å²) in [5.74, 6) is 1.15. The highest BCUT2D eigenvalue weighted by Crippen LogP contribution is 2.28. The number of ether oxygens (including phenoxy) is 4. The van der Waals surface area contributed by atoms with Gasteiger partial charge in [0, 0.05) is 30.6 Å². The predicted molar refractivity (Wildman–Crippen MR) is 118 cm³/mol. The van der Waals surface area contributed by atoms with Crippen LogP contribution < -0.4 is 19.5 Å². The molecule has 168 valence electrons. The van der Waals surface area contributed by atoms with Gasteiger partial charge in [-0.2, -0.15) is 0 Å². The highest BCUT2D eigenvalue weighted by Gasteiger charge is 2.16. The first-order valence-corrected chi connectivity index (χ1v) is 9.90. The van der Waals surface area contributed by atoms with Crippen molar-refractivity contribution in [1.29, 1.82) is 0 Å². The highest BCUT2D eigenvalue weighted by atomic mass is 35.5. The Bertz CT molecular complexity index is 883. The number of halogens is 1. The van der Waals surface area contributed by atoms with Crippen molar-refractivity contribution in [3.05, 3.63) is 47.0 Å². The van der Waals surface area contributed by atoms with Crippen LogP contribution in [0.3, 0.4) is 0 Å². The van der Waals surface area contributed by atoms with Crippen LogP contribution in [-0.4, -0.2) is 58.3 Å². The van der Waals surface area contributed by atoms with Crippen molar-refractivity contribution in [1.82, 2.24) is 4.90 Å². The molecule has 0 unspecified atom stereocenters. The molecule has 0 saturated carbocycles. The Kier molecular flexibility index (Phi) is 9.42. The molecule has 0 bridgehead atoms. The summed E-state index contributed by atoms with van der Waals surface area (Å²) in [6, 6.07) is 10.4. The van der Waals surface area contributed by atoms with E-state index in [1.807, 2.05) is 17.0 Å². The van der Waals surface area contributed by atoms with Gasteiger partial charge in [-0.25, -0.2) is 0 Å². The number of nitrogens with one attached hydrogen (secondary N) is 1. The number of amides is 1. The van der Waals surface area contributed by atoms with Gasteiger partial charge in [-0.3, -0.25) is 14.5 Å². The molecule has 0 fully saturated rings. The number of methoxy groups -OCH3 is 4. The summed E-state index contributed by atoms with van der Waals surface area (Å²) in [5.41, 5.74) is 1.36. The minimum atomic E-state index is -0.397. The van der Waals surface area contributed by atoms with E-state index in [2.05, 4.69) is 5.32 Å². The van der Waals surface area contributed by atoms with E-state index in [4.69, 9.17) is 30.5 Å². The number of nitrogens with zero attached hydrogens (tertiary/aromatic N) is 1. The summed E-state index contributed by atoms with van der Waals surface area (Å²) in [6.45, 7) is 0.754. The monoisotopic (exact) mass is 450 g/mol. The van der Waals surface area contributed by atoms with Crippen LogP contribution in [-0.2, 0) is 20.9 Å². The maximum Gasteiger partial charge on any atom is 0.319 e. The maximum absolute atomic E-state index is 12.5. The number of carbonyl (C=O) groups excluding carboxylic acids is 2. The first kappa shape index (κ1) is 24.3. The third-order valence-corrected chi connectivity index (χ3v) is 4.72. The van der Waals surface area contributed by atoms with Crippen LogP contribution >= 0.6 is 11.6 Å². The van der Waals surface area contributed by atoms with Crippen molar-refractivity contribution in [3.8, 4) is 17.2 Å². The fraction of sp³-hybridized carbons (Fsp3) is 0.364. The lowest BCUT2D eigenvalue weighted by atomic mass is 10.1. The molecule has 2 rings (SSSR count). The minimum absolute atomic E-state index is 0.0315. The molecule has 0 atom stereocenters. The Morgan fingerprint density at radius 3 is 2.23 bits per heavy atom. The summed E-state index contributed by atoms with van der Waals surface area (Å²) in [7, 11) is 5.98. The number of carbonyl (C=O) groups is 2. The number of benzene rings is 2. The van der Waals surface area contributed by atoms with Gasteiger partial charge in [0.15, 0.2) is 0 Å². The van der Waals surface area contributed by atoms with E-state index in [9.17, 15) is 9.59 Å². The fourth-order valence-corrected chi connectivity index (χ4v) is 3.10. The molecule has 0 aliphatic heterocycles. The van der Waals surface area contributed by atoms with E-state index in [1.165, 1.54) is 14.2 Å². The predicted octanol–water partition coefficient (Wildman–Crippen LogP) is 3.37. The zero-order valence-corrected chi connectivity index (χ0v) is 18.8. The van der Waals surface area contributed by atoms with Crippen LogP contribution in [0.5, 0.6) is 17.2 Å². The van der Waals surface area contributed by atoms with Crippen LogP contribution in [0.15, 0.2) is 36.4 Å². The van der Waals surface area contributed by atoms with Crippen LogP contribution in [0, 0.1) is 0 Å². The molecule has 9 heteroatoms. The molecule has 1 amide bonds. The van der Waals surface area contributed by atoms with E-state index in [0.29, 0.717) is 41.0 Å². The lowest BCUT2D eigenvalue weighted by Crippen LogP contribution is -2.33. The van der Waals surface area contributed by atoms with Crippen LogP contribution in [0.2, 0.25) is 5.02 Å². The van der Waals surface area contributed by atoms with Gasteiger partial charge in [0.2, 0.25) is 5.91 Å². The second-order valence-electron chi connectivity index (χ2n) is 6.65. The second-order valence-corrected chi connectivity index (χ2v) is 7.09. The van der Waals surface area contributed by atoms with Gasteiger partial charge >= 0.3 is 5.97 Å². The fourth-order valence-electron chi connectivity index (χ4n) is 2.93. The molecule has 0 aliphatic carbocycles. The molecule has 2 aromatic carbocycles. The Balaban J connectivity index is 2.08. The topological polar surface area (TPSA) is 86.3 Å². The molecular weight excluding hydrogens is 424 g/mol. The molecule has 1 N–H and O–H groups in total. The van der Waals surface area contributed by atoms with E-state index >= 15 is 0 Å². The zero-order valence-electron chi connectivity index (χ0n) is 18.1. The number of rotatable bonds is 11. The average molecular weight is 451 g/mol. The van der Waals surface area contributed by atoms with Crippen molar-refractivity contribution in [3.63, 3.8) is 0 Å². The summed E-state index contributed by atoms with van der Waals surface area (Å²) < 4.78 is 20.6. The smallest absolute Gasteiger partial charge is 0.319 e. The summed E-state index contributed by atoms with van der Waals surface area (Å²) in [4.78, 5) is 26.2. The standard InChI is InChI=1S/C22H27ClN2O6/c1-28-17-9-15(10-18(12-17)29-2)13-25(14-22(27)31-4)8-7-21(26)24-19-11-16(23)5-6-20(19)30-3/h5-6,9-12H,7-8,13-14H2,1-4H3,(H,24,26). The van der Waals surface area contributed by atoms with E-state index < -0.39 is 5.97 Å². The highest BCUT2D eigenvalue weighted by molar-refractivity contribution is 6.31. The van der Waals surface area contributed by atoms with Crippen molar-refractivity contribution >= 4 is 29.2 Å². The average Bonchev–Trinajstić information content (AvgIpc) is 2.77. The van der Waals surface area contributed by atoms with Gasteiger partial charge in [-0.15, -0.1) is 0 Å². The lowest BCUT2D eigenvalue weighted by molar-refractivity contribution is -0.142. The maximum atomic E-state index is 12.5. The van der Waals surface area contributed by atoms with E-state index in [0.717, 1.165) is 5.56 Å². The zero-order chi connectivity index (χ0) is 22.8. The minimum Gasteiger partial charge on any atom is -0.497 e. The Labute approximate surface area is 187 Å². The lowest BCUT2D eigenvalue weighted by Gasteiger charge is -2.21. The molecule has 0 saturated heterocycles. The first-order chi connectivity index (χ1) is 14.9. The van der Waals surface area contributed by atoms with Gasteiger partial charge in [0.25, 0.3) is 0 Å². The third kappa shape index (κ3) is 7.66. The molecule has 0 spiro atoms. The van der Waals surface area contributed by atoms with E-state index in [-0.39, 0.29) is 18.9 Å². The molecule has 0 radical (unpaired) electrons. The van der Waals surface area contributed by atoms with Gasteiger partial charge < -0.3 is 24.3 Å². The SMILES string of the molecule is COC(=O)CN(CCC(=O)Nc1cc(Cl)ccc1OC)Cc1cc(OC)cc(OC)c1. The van der Waals surface area contributed by atoms with Crippen LogP contribution in [0.1, 0.15) is 12.0 Å². The molecule has 2 aromatic rings. The normalized spacial score (nSPS) is 10.5. The van der Waals surface area contributed by atoms with Gasteiger partial charge in [-0.1, -0.05) is 11.6 Å². The van der Waals surface area contributed by atoms with Crippen molar-refractivity contribution in [2.75, 3.05) is 46.8 Å². The molecule has 0 aromatic heterocycles.